The fraction of sp³-hybridized carbons (Fsp3) is 0.409. The van der Waals surface area contributed by atoms with Gasteiger partial charge in [-0.2, -0.15) is 0 Å². The number of hydrogen-bond donors (Lipinski definition) is 1. The number of amides is 1. The lowest BCUT2D eigenvalue weighted by atomic mass is 10.1. The van der Waals surface area contributed by atoms with Crippen LogP contribution < -0.4 is 15.0 Å². The summed E-state index contributed by atoms with van der Waals surface area (Å²) in [5.74, 6) is 0.176. The van der Waals surface area contributed by atoms with Gasteiger partial charge >= 0.3 is 0 Å². The van der Waals surface area contributed by atoms with E-state index < -0.39 is 4.92 Å². The molecular weight excluding hydrogens is 384 g/mol. The molecule has 0 saturated carbocycles. The van der Waals surface area contributed by atoms with Crippen LogP contribution in [0.5, 0.6) is 5.75 Å². The second-order valence-corrected chi connectivity index (χ2v) is 7.55. The highest BCUT2D eigenvalue weighted by Gasteiger charge is 2.27. The number of nitrogens with one attached hydrogen (secondary N) is 1. The monoisotopic (exact) mass is 412 g/mol. The van der Waals surface area contributed by atoms with Crippen LogP contribution in [0.25, 0.3) is 0 Å². The highest BCUT2D eigenvalue weighted by Crippen LogP contribution is 2.29. The largest absolute Gasteiger partial charge is 0.495 e. The highest BCUT2D eigenvalue weighted by atomic mass is 16.6. The third kappa shape index (κ3) is 4.54. The molecule has 1 heterocycles. The molecule has 1 saturated heterocycles. The number of piperazine rings is 1. The van der Waals surface area contributed by atoms with E-state index in [0.29, 0.717) is 11.4 Å². The van der Waals surface area contributed by atoms with Crippen LogP contribution in [-0.2, 0) is 4.79 Å². The lowest BCUT2D eigenvalue weighted by Gasteiger charge is -2.39. The van der Waals surface area contributed by atoms with Crippen LogP contribution in [0.1, 0.15) is 18.1 Å². The minimum Gasteiger partial charge on any atom is -0.495 e. The van der Waals surface area contributed by atoms with E-state index in [1.165, 1.54) is 42.1 Å². The molecule has 2 aromatic carbocycles. The van der Waals surface area contributed by atoms with E-state index in [9.17, 15) is 14.9 Å². The highest BCUT2D eigenvalue weighted by molar-refractivity contribution is 5.96. The number of anilines is 2. The Hall–Kier alpha value is -3.13. The number of carbonyl (C=O) groups excluding carboxylic acids is 1. The summed E-state index contributed by atoms with van der Waals surface area (Å²) in [5, 5.41) is 13.8. The van der Waals surface area contributed by atoms with E-state index in [1.807, 2.05) is 6.92 Å². The van der Waals surface area contributed by atoms with Crippen molar-refractivity contribution in [1.29, 1.82) is 0 Å². The first-order valence-corrected chi connectivity index (χ1v) is 10.0. The first-order chi connectivity index (χ1) is 14.3. The van der Waals surface area contributed by atoms with Gasteiger partial charge in [0.2, 0.25) is 5.91 Å². The summed E-state index contributed by atoms with van der Waals surface area (Å²) in [4.78, 5) is 27.9. The number of nitro groups is 1. The van der Waals surface area contributed by atoms with Crippen molar-refractivity contribution in [2.24, 2.45) is 0 Å². The zero-order valence-electron chi connectivity index (χ0n) is 17.8. The van der Waals surface area contributed by atoms with Gasteiger partial charge in [0.15, 0.2) is 0 Å². The third-order valence-corrected chi connectivity index (χ3v) is 5.81. The summed E-state index contributed by atoms with van der Waals surface area (Å²) in [5.41, 5.74) is 4.01. The number of carbonyl (C=O) groups is 1. The van der Waals surface area contributed by atoms with Crippen LogP contribution in [0.4, 0.5) is 17.1 Å². The van der Waals surface area contributed by atoms with Crippen LogP contribution in [0.3, 0.4) is 0 Å². The maximum absolute atomic E-state index is 12.8. The van der Waals surface area contributed by atoms with Crippen LogP contribution in [0, 0.1) is 24.0 Å². The number of benzene rings is 2. The molecule has 0 aliphatic carbocycles. The Morgan fingerprint density at radius 3 is 2.50 bits per heavy atom. The second kappa shape index (κ2) is 9.13. The number of hydrogen-bond acceptors (Lipinski definition) is 6. The van der Waals surface area contributed by atoms with E-state index in [-0.39, 0.29) is 17.6 Å². The van der Waals surface area contributed by atoms with Crippen LogP contribution in [0.2, 0.25) is 0 Å². The second-order valence-electron chi connectivity index (χ2n) is 7.55. The topological polar surface area (TPSA) is 87.9 Å². The first kappa shape index (κ1) is 21.6. The van der Waals surface area contributed by atoms with Gasteiger partial charge in [-0.15, -0.1) is 0 Å². The van der Waals surface area contributed by atoms with Crippen LogP contribution in [-0.4, -0.2) is 55.1 Å². The van der Waals surface area contributed by atoms with Gasteiger partial charge in [-0.25, -0.2) is 0 Å². The maximum atomic E-state index is 12.8. The molecule has 1 amide bonds. The quantitative estimate of drug-likeness (QED) is 0.578. The average molecular weight is 412 g/mol. The lowest BCUT2D eigenvalue weighted by Crippen LogP contribution is -2.53. The molecule has 1 atom stereocenters. The van der Waals surface area contributed by atoms with Gasteiger partial charge in [-0.05, 0) is 44.0 Å². The van der Waals surface area contributed by atoms with Crippen molar-refractivity contribution in [3.63, 3.8) is 0 Å². The van der Waals surface area contributed by atoms with Gasteiger partial charge in [-0.3, -0.25) is 19.8 Å². The molecule has 1 aliphatic heterocycles. The minimum atomic E-state index is -0.495. The molecule has 0 bridgehead atoms. The zero-order valence-corrected chi connectivity index (χ0v) is 17.8. The molecule has 1 unspecified atom stereocenters. The summed E-state index contributed by atoms with van der Waals surface area (Å²) in [6.45, 7) is 9.29. The fourth-order valence-electron chi connectivity index (χ4n) is 3.74. The number of ether oxygens (including phenoxy) is 1. The van der Waals surface area contributed by atoms with Gasteiger partial charge in [0.25, 0.3) is 5.69 Å². The SMILES string of the molecule is COc1ccc([N+](=O)[O-])cc1NC(=O)C(C)N1CCN(c2cccc(C)c2C)CC1. The molecule has 3 rings (SSSR count). The Labute approximate surface area is 176 Å². The molecule has 1 aliphatic rings. The molecule has 30 heavy (non-hydrogen) atoms. The summed E-state index contributed by atoms with van der Waals surface area (Å²) < 4.78 is 5.23. The number of methoxy groups -OCH3 is 1. The standard InChI is InChI=1S/C22H28N4O4/c1-15-6-5-7-20(16(15)2)25-12-10-24(11-13-25)17(3)22(27)23-19-14-18(26(28)29)8-9-21(19)30-4/h5-9,14,17H,10-13H2,1-4H3,(H,23,27). The number of rotatable bonds is 6. The molecule has 8 nitrogen and oxygen atoms in total. The van der Waals surface area contributed by atoms with Crippen LogP contribution in [0.15, 0.2) is 36.4 Å². The van der Waals surface area contributed by atoms with E-state index in [4.69, 9.17) is 4.74 Å². The zero-order chi connectivity index (χ0) is 21.8. The van der Waals surface area contributed by atoms with Crippen molar-refractivity contribution in [1.82, 2.24) is 4.90 Å². The van der Waals surface area contributed by atoms with Gasteiger partial charge in [0.1, 0.15) is 5.75 Å². The molecule has 160 valence electrons. The first-order valence-electron chi connectivity index (χ1n) is 10.0. The van der Waals surface area contributed by atoms with Crippen molar-refractivity contribution in [3.8, 4) is 5.75 Å². The predicted molar refractivity (Wildman–Crippen MR) is 117 cm³/mol. The number of aryl methyl sites for hydroxylation is 1. The minimum absolute atomic E-state index is 0.0964. The van der Waals surface area contributed by atoms with Crippen molar-refractivity contribution in [2.45, 2.75) is 26.8 Å². The number of nitrogens with zero attached hydrogens (tertiary/aromatic N) is 3. The molecule has 1 fully saturated rings. The van der Waals surface area contributed by atoms with E-state index in [1.54, 1.807) is 0 Å². The van der Waals surface area contributed by atoms with E-state index in [2.05, 4.69) is 47.2 Å². The third-order valence-electron chi connectivity index (χ3n) is 5.81. The van der Waals surface area contributed by atoms with Gasteiger partial charge in [-0.1, -0.05) is 12.1 Å². The molecule has 1 N–H and O–H groups in total. The molecule has 2 aromatic rings. The van der Waals surface area contributed by atoms with Crippen molar-refractivity contribution >= 4 is 23.0 Å². The van der Waals surface area contributed by atoms with Gasteiger partial charge < -0.3 is 15.0 Å². The van der Waals surface area contributed by atoms with Crippen molar-refractivity contribution < 1.29 is 14.5 Å². The normalized spacial score (nSPS) is 15.5. The van der Waals surface area contributed by atoms with E-state index in [0.717, 1.165) is 26.2 Å². The summed E-state index contributed by atoms with van der Waals surface area (Å²) in [6.07, 6.45) is 0. The molecule has 0 radical (unpaired) electrons. The predicted octanol–water partition coefficient (Wildman–Crippen LogP) is 3.37. The van der Waals surface area contributed by atoms with Crippen molar-refractivity contribution in [3.05, 3.63) is 57.6 Å². The molecular formula is C22H28N4O4. The lowest BCUT2D eigenvalue weighted by molar-refractivity contribution is -0.384. The van der Waals surface area contributed by atoms with Gasteiger partial charge in [0, 0.05) is 44.0 Å². The van der Waals surface area contributed by atoms with Crippen molar-refractivity contribution in [2.75, 3.05) is 43.5 Å². The molecule has 0 spiro atoms. The summed E-state index contributed by atoms with van der Waals surface area (Å²) in [6, 6.07) is 10.1. The maximum Gasteiger partial charge on any atom is 0.271 e. The Morgan fingerprint density at radius 1 is 1.17 bits per heavy atom. The fourth-order valence-corrected chi connectivity index (χ4v) is 3.74. The number of non-ortho nitro benzene ring substituents is 1. The Morgan fingerprint density at radius 2 is 1.87 bits per heavy atom. The Bertz CT molecular complexity index is 939. The molecule has 8 heteroatoms. The van der Waals surface area contributed by atoms with Crippen LogP contribution >= 0.6 is 0 Å². The summed E-state index contributed by atoms with van der Waals surface area (Å²) in [7, 11) is 1.47. The molecule has 0 aromatic heterocycles. The smallest absolute Gasteiger partial charge is 0.271 e. The number of nitro benzene ring substituents is 1. The van der Waals surface area contributed by atoms with Gasteiger partial charge in [0.05, 0.1) is 23.8 Å². The van der Waals surface area contributed by atoms with E-state index >= 15 is 0 Å². The Kier molecular flexibility index (Phi) is 6.56. The summed E-state index contributed by atoms with van der Waals surface area (Å²) >= 11 is 0. The average Bonchev–Trinajstić information content (AvgIpc) is 2.75. The Balaban J connectivity index is 1.65.